The zero-order valence-electron chi connectivity index (χ0n) is 11.5. The highest BCUT2D eigenvalue weighted by molar-refractivity contribution is 6.30. The Labute approximate surface area is 118 Å². The standard InChI is InChI=1S/C9H11ClN2O.C3H8N2O/c1-12(2)9(13)11-8-5-3-7(10)4-6-8;1-5(2)3(4)6/h3-6H,1-2H3,(H,11,13);1-2H3,(H2,4,6). The zero-order chi connectivity index (χ0) is 15.0. The number of nitrogens with one attached hydrogen (secondary N) is 1. The van der Waals surface area contributed by atoms with E-state index in [1.165, 1.54) is 9.80 Å². The highest BCUT2D eigenvalue weighted by Crippen LogP contribution is 2.13. The Hall–Kier alpha value is -1.95. The van der Waals surface area contributed by atoms with Gasteiger partial charge >= 0.3 is 12.1 Å². The number of anilines is 1. The fourth-order valence-electron chi connectivity index (χ4n) is 0.769. The fraction of sp³-hybridized carbons (Fsp3) is 0.333. The summed E-state index contributed by atoms with van der Waals surface area (Å²) in [6.07, 6.45) is 0. The molecule has 0 atom stereocenters. The minimum atomic E-state index is -0.407. The molecular formula is C12H19ClN4O2. The number of benzene rings is 1. The molecular weight excluding hydrogens is 268 g/mol. The predicted octanol–water partition coefficient (Wildman–Crippen LogP) is 2.06. The van der Waals surface area contributed by atoms with E-state index in [0.717, 1.165) is 5.69 Å². The van der Waals surface area contributed by atoms with Crippen LogP contribution in [0.3, 0.4) is 0 Å². The predicted molar refractivity (Wildman–Crippen MR) is 77.4 cm³/mol. The summed E-state index contributed by atoms with van der Waals surface area (Å²) in [6, 6.07) is 6.41. The van der Waals surface area contributed by atoms with Gasteiger partial charge in [0.05, 0.1) is 0 Å². The van der Waals surface area contributed by atoms with Crippen LogP contribution in [0.5, 0.6) is 0 Å². The van der Waals surface area contributed by atoms with Crippen molar-refractivity contribution in [2.45, 2.75) is 0 Å². The van der Waals surface area contributed by atoms with Gasteiger partial charge in [0.15, 0.2) is 0 Å². The van der Waals surface area contributed by atoms with E-state index in [0.29, 0.717) is 5.02 Å². The van der Waals surface area contributed by atoms with E-state index in [1.54, 1.807) is 52.5 Å². The van der Waals surface area contributed by atoms with E-state index < -0.39 is 6.03 Å². The number of hydrogen-bond donors (Lipinski definition) is 2. The zero-order valence-corrected chi connectivity index (χ0v) is 12.2. The fourth-order valence-corrected chi connectivity index (χ4v) is 0.894. The Morgan fingerprint density at radius 1 is 1.05 bits per heavy atom. The minimum absolute atomic E-state index is 0.151. The number of urea groups is 2. The van der Waals surface area contributed by atoms with Gasteiger partial charge in [-0.3, -0.25) is 0 Å². The van der Waals surface area contributed by atoms with Crippen molar-refractivity contribution >= 4 is 29.4 Å². The SMILES string of the molecule is CN(C)C(=O)Nc1ccc(Cl)cc1.CN(C)C(N)=O. The maximum atomic E-state index is 11.2. The first-order valence-electron chi connectivity index (χ1n) is 5.44. The summed E-state index contributed by atoms with van der Waals surface area (Å²) in [4.78, 5) is 23.8. The minimum Gasteiger partial charge on any atom is -0.352 e. The van der Waals surface area contributed by atoms with Gasteiger partial charge in [-0.25, -0.2) is 9.59 Å². The summed E-state index contributed by atoms with van der Waals surface area (Å²) in [5.41, 5.74) is 5.46. The lowest BCUT2D eigenvalue weighted by Crippen LogP contribution is -2.27. The number of hydrogen-bond acceptors (Lipinski definition) is 2. The van der Waals surface area contributed by atoms with Gasteiger partial charge in [0.25, 0.3) is 0 Å². The van der Waals surface area contributed by atoms with Gasteiger partial charge in [0, 0.05) is 38.9 Å². The second-order valence-electron chi connectivity index (χ2n) is 4.06. The quantitative estimate of drug-likeness (QED) is 0.829. The van der Waals surface area contributed by atoms with Crippen LogP contribution in [-0.2, 0) is 0 Å². The molecule has 3 N–H and O–H groups in total. The van der Waals surface area contributed by atoms with E-state index in [9.17, 15) is 9.59 Å². The van der Waals surface area contributed by atoms with E-state index in [2.05, 4.69) is 5.32 Å². The first-order valence-corrected chi connectivity index (χ1v) is 5.82. The highest BCUT2D eigenvalue weighted by Gasteiger charge is 2.02. The first-order chi connectivity index (χ1) is 8.73. The van der Waals surface area contributed by atoms with Crippen molar-refractivity contribution in [3.63, 3.8) is 0 Å². The number of amides is 4. The van der Waals surface area contributed by atoms with Crippen LogP contribution >= 0.6 is 11.6 Å². The molecule has 0 aliphatic heterocycles. The number of halogens is 1. The third kappa shape index (κ3) is 7.88. The summed E-state index contributed by atoms with van der Waals surface area (Å²) < 4.78 is 0. The number of rotatable bonds is 1. The molecule has 106 valence electrons. The molecule has 0 radical (unpaired) electrons. The Morgan fingerprint density at radius 3 is 1.79 bits per heavy atom. The molecule has 0 aliphatic carbocycles. The Kier molecular flexibility index (Phi) is 7.36. The lowest BCUT2D eigenvalue weighted by molar-refractivity contribution is 0.227. The van der Waals surface area contributed by atoms with Crippen molar-refractivity contribution in [3.8, 4) is 0 Å². The number of nitrogens with zero attached hydrogens (tertiary/aromatic N) is 2. The van der Waals surface area contributed by atoms with Crippen LogP contribution in [0.2, 0.25) is 5.02 Å². The monoisotopic (exact) mass is 286 g/mol. The molecule has 1 aromatic rings. The van der Waals surface area contributed by atoms with Crippen LogP contribution in [0.15, 0.2) is 24.3 Å². The third-order valence-electron chi connectivity index (χ3n) is 1.94. The number of carbonyl (C=O) groups is 2. The van der Waals surface area contributed by atoms with Crippen LogP contribution in [-0.4, -0.2) is 50.1 Å². The largest absolute Gasteiger partial charge is 0.352 e. The molecule has 0 unspecified atom stereocenters. The molecule has 0 fully saturated rings. The molecule has 4 amide bonds. The Morgan fingerprint density at radius 2 is 1.47 bits per heavy atom. The van der Waals surface area contributed by atoms with Crippen LogP contribution in [0.1, 0.15) is 0 Å². The average Bonchev–Trinajstić information content (AvgIpc) is 2.32. The summed E-state index contributed by atoms with van der Waals surface area (Å²) >= 11 is 5.69. The number of primary amides is 1. The van der Waals surface area contributed by atoms with Crippen LogP contribution < -0.4 is 11.1 Å². The van der Waals surface area contributed by atoms with Crippen molar-refractivity contribution in [2.24, 2.45) is 5.73 Å². The van der Waals surface area contributed by atoms with Crippen LogP contribution in [0, 0.1) is 0 Å². The number of nitrogens with two attached hydrogens (primary N) is 1. The topological polar surface area (TPSA) is 78.7 Å². The van der Waals surface area contributed by atoms with Crippen molar-refractivity contribution in [1.29, 1.82) is 0 Å². The molecule has 7 heteroatoms. The van der Waals surface area contributed by atoms with Gasteiger partial charge in [-0.15, -0.1) is 0 Å². The summed E-state index contributed by atoms with van der Waals surface area (Å²) in [6.45, 7) is 0. The molecule has 0 spiro atoms. The molecule has 1 aromatic carbocycles. The van der Waals surface area contributed by atoms with E-state index >= 15 is 0 Å². The molecule has 0 aromatic heterocycles. The smallest absolute Gasteiger partial charge is 0.321 e. The lowest BCUT2D eigenvalue weighted by atomic mass is 10.3. The normalized spacial score (nSPS) is 8.89. The van der Waals surface area contributed by atoms with Gasteiger partial charge in [-0.2, -0.15) is 0 Å². The Balaban J connectivity index is 0.000000459. The molecule has 19 heavy (non-hydrogen) atoms. The molecule has 0 saturated heterocycles. The van der Waals surface area contributed by atoms with Crippen molar-refractivity contribution in [2.75, 3.05) is 33.5 Å². The molecule has 1 rings (SSSR count). The third-order valence-corrected chi connectivity index (χ3v) is 2.19. The van der Waals surface area contributed by atoms with Gasteiger partial charge in [-0.05, 0) is 24.3 Å². The summed E-state index contributed by atoms with van der Waals surface area (Å²) in [5.74, 6) is 0. The van der Waals surface area contributed by atoms with Crippen molar-refractivity contribution in [1.82, 2.24) is 9.80 Å². The second kappa shape index (κ2) is 8.20. The van der Waals surface area contributed by atoms with Gasteiger partial charge in [0.2, 0.25) is 0 Å². The van der Waals surface area contributed by atoms with E-state index in [4.69, 9.17) is 17.3 Å². The summed E-state index contributed by atoms with van der Waals surface area (Å²) in [7, 11) is 6.57. The van der Waals surface area contributed by atoms with Gasteiger partial charge < -0.3 is 20.9 Å². The Bertz CT molecular complexity index is 418. The van der Waals surface area contributed by atoms with Crippen LogP contribution in [0.4, 0.5) is 15.3 Å². The van der Waals surface area contributed by atoms with E-state index in [1.807, 2.05) is 0 Å². The van der Waals surface area contributed by atoms with Crippen LogP contribution in [0.25, 0.3) is 0 Å². The highest BCUT2D eigenvalue weighted by atomic mass is 35.5. The molecule has 0 aliphatic rings. The van der Waals surface area contributed by atoms with Gasteiger partial charge in [0.1, 0.15) is 0 Å². The molecule has 0 heterocycles. The summed E-state index contributed by atoms with van der Waals surface area (Å²) in [5, 5.41) is 3.35. The molecule has 6 nitrogen and oxygen atoms in total. The average molecular weight is 287 g/mol. The maximum absolute atomic E-state index is 11.2. The van der Waals surface area contributed by atoms with Crippen molar-refractivity contribution < 1.29 is 9.59 Å². The maximum Gasteiger partial charge on any atom is 0.321 e. The lowest BCUT2D eigenvalue weighted by Gasteiger charge is -2.11. The second-order valence-corrected chi connectivity index (χ2v) is 4.50. The number of carbonyl (C=O) groups excluding carboxylic acids is 2. The van der Waals surface area contributed by atoms with E-state index in [-0.39, 0.29) is 6.03 Å². The van der Waals surface area contributed by atoms with Gasteiger partial charge in [-0.1, -0.05) is 11.6 Å². The molecule has 0 saturated carbocycles. The first kappa shape index (κ1) is 17.1. The van der Waals surface area contributed by atoms with Crippen molar-refractivity contribution in [3.05, 3.63) is 29.3 Å². The molecule has 0 bridgehead atoms.